The summed E-state index contributed by atoms with van der Waals surface area (Å²) < 4.78 is 8.98. The summed E-state index contributed by atoms with van der Waals surface area (Å²) >= 11 is 0. The van der Waals surface area contributed by atoms with Crippen molar-refractivity contribution in [3.05, 3.63) is 77.5 Å². The summed E-state index contributed by atoms with van der Waals surface area (Å²) in [7, 11) is 2.15. The Hall–Kier alpha value is -3.39. The zero-order valence-corrected chi connectivity index (χ0v) is 18.7. The quantitative estimate of drug-likeness (QED) is 0.204. The fraction of sp³-hybridized carbons (Fsp3) is 0.207. The van der Waals surface area contributed by atoms with Gasteiger partial charge in [0.2, 0.25) is 5.69 Å². The molecule has 0 N–H and O–H groups in total. The van der Waals surface area contributed by atoms with Crippen LogP contribution >= 0.6 is 0 Å². The minimum Gasteiger partial charge on any atom is -0.455 e. The third-order valence-corrected chi connectivity index (χ3v) is 7.00. The summed E-state index contributed by atoms with van der Waals surface area (Å²) in [5.41, 5.74) is 6.34. The van der Waals surface area contributed by atoms with Crippen LogP contribution in [0.4, 0.5) is 0 Å². The van der Waals surface area contributed by atoms with Crippen molar-refractivity contribution in [3.63, 3.8) is 0 Å². The van der Waals surface area contributed by atoms with Crippen molar-refractivity contribution in [2.45, 2.75) is 33.6 Å². The minimum atomic E-state index is 0.458. The van der Waals surface area contributed by atoms with E-state index in [4.69, 9.17) is 4.74 Å². The largest absolute Gasteiger partial charge is 0.455 e. The van der Waals surface area contributed by atoms with Gasteiger partial charge in [0.25, 0.3) is 0 Å². The molecule has 6 rings (SSSR count). The second-order valence-corrected chi connectivity index (χ2v) is 9.14. The lowest BCUT2D eigenvalue weighted by atomic mass is 9.86. The first-order chi connectivity index (χ1) is 15.0. The van der Waals surface area contributed by atoms with Crippen LogP contribution in [0.25, 0.3) is 43.6 Å². The number of fused-ring (bicyclic) bond motifs is 5. The van der Waals surface area contributed by atoms with Crippen LogP contribution in [0.1, 0.15) is 36.5 Å². The first-order valence-electron chi connectivity index (χ1n) is 11.1. The van der Waals surface area contributed by atoms with Crippen molar-refractivity contribution in [1.29, 1.82) is 0 Å². The highest BCUT2D eigenvalue weighted by Gasteiger charge is 2.32. The maximum atomic E-state index is 6.72. The number of aryl methyl sites for hydroxylation is 3. The molecule has 4 aromatic carbocycles. The molecule has 2 heteroatoms. The van der Waals surface area contributed by atoms with Crippen LogP contribution in [0.15, 0.2) is 60.8 Å². The van der Waals surface area contributed by atoms with E-state index in [0.29, 0.717) is 5.92 Å². The van der Waals surface area contributed by atoms with E-state index in [9.17, 15) is 0 Å². The van der Waals surface area contributed by atoms with E-state index in [1.54, 1.807) is 0 Å². The number of aromatic nitrogens is 1. The highest BCUT2D eigenvalue weighted by Crippen LogP contribution is 2.52. The zero-order valence-electron chi connectivity index (χ0n) is 18.7. The van der Waals surface area contributed by atoms with E-state index in [0.717, 1.165) is 11.5 Å². The highest BCUT2D eigenvalue weighted by molar-refractivity contribution is 6.17. The molecule has 0 aliphatic carbocycles. The lowest BCUT2D eigenvalue weighted by Gasteiger charge is -2.25. The monoisotopic (exact) mass is 404 g/mol. The Kier molecular flexibility index (Phi) is 3.74. The van der Waals surface area contributed by atoms with Crippen molar-refractivity contribution in [2.75, 3.05) is 0 Å². The average molecular weight is 405 g/mol. The van der Waals surface area contributed by atoms with Gasteiger partial charge in [-0.1, -0.05) is 56.3 Å². The molecule has 0 amide bonds. The summed E-state index contributed by atoms with van der Waals surface area (Å²) in [6.45, 7) is 8.96. The molecule has 2 nitrogen and oxygen atoms in total. The second-order valence-electron chi connectivity index (χ2n) is 9.14. The SMILES string of the molecule is Cc1c2c(c(C)c3ccccc13)-c1c3c(cc4cccc(C(C)C)c4c3cc[n+]1C)O2. The van der Waals surface area contributed by atoms with E-state index in [1.807, 2.05) is 0 Å². The van der Waals surface area contributed by atoms with E-state index < -0.39 is 0 Å². The second kappa shape index (κ2) is 6.31. The standard InChI is InChI=1S/C29H26NO/c1-16(2)20-12-8-9-19-15-24-27-23(26(19)20)13-14-30(5)28(27)25-17(3)21-10-6-7-11-22(21)18(4)29(25)31-24/h6-16H,1-5H3/q+1. The zero-order chi connectivity index (χ0) is 21.4. The summed E-state index contributed by atoms with van der Waals surface area (Å²) in [6, 6.07) is 19.8. The summed E-state index contributed by atoms with van der Waals surface area (Å²) in [5.74, 6) is 2.41. The molecule has 31 heavy (non-hydrogen) atoms. The Morgan fingerprint density at radius 2 is 1.55 bits per heavy atom. The molecule has 2 heterocycles. The lowest BCUT2D eigenvalue weighted by Crippen LogP contribution is -2.32. The molecule has 0 bridgehead atoms. The van der Waals surface area contributed by atoms with Gasteiger partial charge in [-0.05, 0) is 58.5 Å². The Balaban J connectivity index is 1.86. The molecule has 5 aromatic rings. The number of hydrogen-bond donors (Lipinski definition) is 0. The molecule has 1 aromatic heterocycles. The van der Waals surface area contributed by atoms with Crippen molar-refractivity contribution in [1.82, 2.24) is 0 Å². The number of ether oxygens (including phenoxy) is 1. The molecular weight excluding hydrogens is 378 g/mol. The van der Waals surface area contributed by atoms with E-state index in [2.05, 4.69) is 100 Å². The normalized spacial score (nSPS) is 12.6. The van der Waals surface area contributed by atoms with Gasteiger partial charge in [0.1, 0.15) is 18.5 Å². The summed E-state index contributed by atoms with van der Waals surface area (Å²) in [6.07, 6.45) is 2.21. The number of nitrogens with zero attached hydrogens (tertiary/aromatic N) is 1. The van der Waals surface area contributed by atoms with E-state index in [-0.39, 0.29) is 0 Å². The predicted molar refractivity (Wildman–Crippen MR) is 129 cm³/mol. The fourth-order valence-corrected chi connectivity index (χ4v) is 5.48. The molecule has 152 valence electrons. The van der Waals surface area contributed by atoms with E-state index >= 15 is 0 Å². The first kappa shape index (κ1) is 18.4. The maximum Gasteiger partial charge on any atom is 0.228 e. The lowest BCUT2D eigenvalue weighted by molar-refractivity contribution is -0.659. The van der Waals surface area contributed by atoms with Crippen LogP contribution in [-0.2, 0) is 7.05 Å². The van der Waals surface area contributed by atoms with Crippen LogP contribution in [0.2, 0.25) is 0 Å². The number of hydrogen-bond acceptors (Lipinski definition) is 1. The Bertz CT molecular complexity index is 1560. The van der Waals surface area contributed by atoms with E-state index in [1.165, 1.54) is 60.3 Å². The molecule has 0 unspecified atom stereocenters. The van der Waals surface area contributed by atoms with Gasteiger partial charge in [-0.2, -0.15) is 0 Å². The Morgan fingerprint density at radius 1 is 0.806 bits per heavy atom. The van der Waals surface area contributed by atoms with Crippen molar-refractivity contribution >= 4 is 32.3 Å². The van der Waals surface area contributed by atoms with Crippen molar-refractivity contribution < 1.29 is 9.30 Å². The molecule has 0 saturated heterocycles. The van der Waals surface area contributed by atoms with Crippen LogP contribution in [0.5, 0.6) is 11.5 Å². The minimum absolute atomic E-state index is 0.458. The summed E-state index contributed by atoms with van der Waals surface area (Å²) in [4.78, 5) is 0. The van der Waals surface area contributed by atoms with Gasteiger partial charge < -0.3 is 4.74 Å². The molecule has 0 atom stereocenters. The predicted octanol–water partition coefficient (Wildman–Crippen LogP) is 7.48. The smallest absolute Gasteiger partial charge is 0.228 e. The molecule has 0 saturated carbocycles. The van der Waals surface area contributed by atoms with Crippen LogP contribution < -0.4 is 9.30 Å². The number of pyridine rings is 1. The molecule has 1 aliphatic heterocycles. The van der Waals surface area contributed by atoms with Crippen molar-refractivity contribution in [3.8, 4) is 22.8 Å². The first-order valence-corrected chi connectivity index (χ1v) is 11.1. The average Bonchev–Trinajstić information content (AvgIpc) is 2.78. The van der Waals surface area contributed by atoms with Crippen LogP contribution in [0, 0.1) is 13.8 Å². The van der Waals surface area contributed by atoms with Crippen LogP contribution in [-0.4, -0.2) is 0 Å². The van der Waals surface area contributed by atoms with Gasteiger partial charge in [0, 0.05) is 17.0 Å². The van der Waals surface area contributed by atoms with Gasteiger partial charge in [-0.3, -0.25) is 0 Å². The molecule has 0 radical (unpaired) electrons. The number of benzene rings is 4. The van der Waals surface area contributed by atoms with Gasteiger partial charge in [-0.25, -0.2) is 4.57 Å². The third kappa shape index (κ3) is 2.36. The van der Waals surface area contributed by atoms with Gasteiger partial charge in [0.05, 0.1) is 10.9 Å². The highest BCUT2D eigenvalue weighted by atomic mass is 16.5. The molecular formula is C29H26NO+. The van der Waals surface area contributed by atoms with Gasteiger partial charge in [-0.15, -0.1) is 0 Å². The maximum absolute atomic E-state index is 6.72. The third-order valence-electron chi connectivity index (χ3n) is 7.00. The Labute approximate surface area is 182 Å². The number of rotatable bonds is 1. The summed E-state index contributed by atoms with van der Waals surface area (Å²) in [5, 5.41) is 7.65. The molecule has 0 spiro atoms. The molecule has 0 fully saturated rings. The van der Waals surface area contributed by atoms with Crippen molar-refractivity contribution in [2.24, 2.45) is 7.05 Å². The van der Waals surface area contributed by atoms with Crippen LogP contribution in [0.3, 0.4) is 0 Å². The molecule has 1 aliphatic rings. The topological polar surface area (TPSA) is 13.1 Å². The Morgan fingerprint density at radius 3 is 2.29 bits per heavy atom. The van der Waals surface area contributed by atoms with Gasteiger partial charge >= 0.3 is 0 Å². The van der Waals surface area contributed by atoms with Gasteiger partial charge in [0.15, 0.2) is 6.20 Å². The fourth-order valence-electron chi connectivity index (χ4n) is 5.48.